The molecule has 0 saturated carbocycles. The van der Waals surface area contributed by atoms with Gasteiger partial charge < -0.3 is 9.88 Å². The molecule has 23 heavy (non-hydrogen) atoms. The largest absolute Gasteiger partial charge is 0.331 e. The number of fused-ring (bicyclic) bond motifs is 1. The van der Waals surface area contributed by atoms with Crippen LogP contribution in [0.3, 0.4) is 0 Å². The van der Waals surface area contributed by atoms with Crippen molar-refractivity contribution < 1.29 is 4.79 Å². The van der Waals surface area contributed by atoms with Crippen molar-refractivity contribution in [3.63, 3.8) is 0 Å². The summed E-state index contributed by atoms with van der Waals surface area (Å²) in [5.74, 6) is 0.0782. The summed E-state index contributed by atoms with van der Waals surface area (Å²) in [4.78, 5) is 26.1. The maximum Gasteiger partial charge on any atom is 0.240 e. The number of nitrogens with zero attached hydrogens (tertiary/aromatic N) is 5. The van der Waals surface area contributed by atoms with Crippen molar-refractivity contribution in [1.82, 2.24) is 24.7 Å². The summed E-state index contributed by atoms with van der Waals surface area (Å²) in [6, 6.07) is 1.78. The average Bonchev–Trinajstić information content (AvgIpc) is 3.19. The normalized spacial score (nSPS) is 18.3. The van der Waals surface area contributed by atoms with Gasteiger partial charge in [-0.05, 0) is 12.5 Å². The Morgan fingerprint density at radius 3 is 3.09 bits per heavy atom. The summed E-state index contributed by atoms with van der Waals surface area (Å²) in [7, 11) is 1.84. The molecule has 118 valence electrons. The number of hydrogen-bond donors (Lipinski definition) is 1. The maximum absolute atomic E-state index is 12.6. The molecule has 1 N–H and O–H groups in total. The highest BCUT2D eigenvalue weighted by atomic mass is 35.5. The van der Waals surface area contributed by atoms with E-state index < -0.39 is 0 Å². The van der Waals surface area contributed by atoms with Crippen molar-refractivity contribution in [2.45, 2.75) is 16.8 Å². The molecule has 1 atom stereocenters. The van der Waals surface area contributed by atoms with Gasteiger partial charge in [0.05, 0.1) is 27.7 Å². The first kappa shape index (κ1) is 14.5. The summed E-state index contributed by atoms with van der Waals surface area (Å²) < 4.78 is 1.69. The molecule has 1 saturated heterocycles. The minimum Gasteiger partial charge on any atom is -0.331 e. The Bertz CT molecular complexity index is 890. The van der Waals surface area contributed by atoms with Gasteiger partial charge >= 0.3 is 0 Å². The van der Waals surface area contributed by atoms with Crippen LogP contribution in [0.1, 0.15) is 6.42 Å². The Morgan fingerprint density at radius 2 is 2.30 bits per heavy atom. The minimum absolute atomic E-state index is 0.0782. The third-order valence-corrected chi connectivity index (χ3v) is 5.04. The van der Waals surface area contributed by atoms with Crippen LogP contribution in [0.4, 0.5) is 5.69 Å². The molecule has 0 radical (unpaired) electrons. The number of H-pyrrole nitrogens is 1. The van der Waals surface area contributed by atoms with Crippen LogP contribution in [0, 0.1) is 0 Å². The fourth-order valence-corrected chi connectivity index (χ4v) is 3.80. The number of pyridine rings is 1. The van der Waals surface area contributed by atoms with Gasteiger partial charge in [0.15, 0.2) is 10.8 Å². The number of thioether (sulfide) groups is 1. The number of amides is 1. The van der Waals surface area contributed by atoms with Crippen molar-refractivity contribution in [2.75, 3.05) is 11.4 Å². The van der Waals surface area contributed by atoms with Gasteiger partial charge in [-0.3, -0.25) is 9.48 Å². The molecule has 7 nitrogen and oxygen atoms in total. The first-order chi connectivity index (χ1) is 11.1. The predicted octanol–water partition coefficient (Wildman–Crippen LogP) is 2.24. The second-order valence-corrected chi connectivity index (χ2v) is 6.95. The lowest BCUT2D eigenvalue weighted by atomic mass is 10.4. The topological polar surface area (TPSA) is 79.7 Å². The smallest absolute Gasteiger partial charge is 0.240 e. The molecule has 0 aromatic carbocycles. The molecular weight excluding hydrogens is 336 g/mol. The van der Waals surface area contributed by atoms with Gasteiger partial charge in [-0.15, -0.1) is 0 Å². The quantitative estimate of drug-likeness (QED) is 0.785. The lowest BCUT2D eigenvalue weighted by Crippen LogP contribution is -2.27. The highest BCUT2D eigenvalue weighted by Crippen LogP contribution is 2.32. The second kappa shape index (κ2) is 5.54. The zero-order valence-electron chi connectivity index (χ0n) is 12.2. The molecule has 0 aliphatic carbocycles. The van der Waals surface area contributed by atoms with E-state index in [1.807, 2.05) is 13.2 Å². The van der Waals surface area contributed by atoms with Gasteiger partial charge in [-0.25, -0.2) is 9.97 Å². The zero-order chi connectivity index (χ0) is 16.0. The van der Waals surface area contributed by atoms with Crippen LogP contribution >= 0.6 is 23.4 Å². The van der Waals surface area contributed by atoms with Gasteiger partial charge in [0.1, 0.15) is 0 Å². The van der Waals surface area contributed by atoms with Crippen LogP contribution in [0.25, 0.3) is 11.2 Å². The van der Waals surface area contributed by atoms with Crippen molar-refractivity contribution in [2.24, 2.45) is 7.05 Å². The summed E-state index contributed by atoms with van der Waals surface area (Å²) in [5, 5.41) is 5.19. The Hall–Kier alpha value is -2.06. The third kappa shape index (κ3) is 2.68. The summed E-state index contributed by atoms with van der Waals surface area (Å²) in [6.07, 6.45) is 5.88. The number of anilines is 1. The Labute approximate surface area is 141 Å². The van der Waals surface area contributed by atoms with Gasteiger partial charge in [0, 0.05) is 26.0 Å². The van der Waals surface area contributed by atoms with Crippen molar-refractivity contribution in [3.8, 4) is 0 Å². The predicted molar refractivity (Wildman–Crippen MR) is 88.7 cm³/mol. The number of imidazole rings is 1. The number of rotatable bonds is 3. The number of nitrogens with one attached hydrogen (secondary N) is 1. The molecular formula is C14H13ClN6OS. The van der Waals surface area contributed by atoms with Crippen LogP contribution in [-0.2, 0) is 11.8 Å². The van der Waals surface area contributed by atoms with Crippen LogP contribution in [0.5, 0.6) is 0 Å². The number of aryl methyl sites for hydroxylation is 1. The molecule has 1 amide bonds. The molecule has 9 heteroatoms. The molecule has 3 aromatic heterocycles. The monoisotopic (exact) mass is 348 g/mol. The number of carbonyl (C=O) groups is 1. The lowest BCUT2D eigenvalue weighted by Gasteiger charge is -2.13. The van der Waals surface area contributed by atoms with Crippen LogP contribution < -0.4 is 4.90 Å². The third-order valence-electron chi connectivity index (χ3n) is 3.70. The van der Waals surface area contributed by atoms with Crippen molar-refractivity contribution in [1.29, 1.82) is 0 Å². The SMILES string of the molecule is Cn1cc(N2CCC(Sc3nc4ncc(Cl)cc4[nH]3)C2=O)cn1. The van der Waals surface area contributed by atoms with E-state index in [1.165, 1.54) is 11.8 Å². The molecule has 4 heterocycles. The molecule has 4 rings (SSSR count). The molecule has 3 aromatic rings. The number of halogens is 1. The molecule has 1 unspecified atom stereocenters. The number of aromatic nitrogens is 5. The van der Waals surface area contributed by atoms with E-state index in [9.17, 15) is 4.79 Å². The van der Waals surface area contributed by atoms with Crippen molar-refractivity contribution >= 4 is 46.1 Å². The Balaban J connectivity index is 1.53. The fourth-order valence-electron chi connectivity index (χ4n) is 2.61. The molecule has 1 fully saturated rings. The standard InChI is InChI=1S/C14H13ClN6OS/c1-20-7-9(6-17-20)21-3-2-11(13(21)22)23-14-18-10-4-8(15)5-16-12(10)19-14/h4-7,11H,2-3H2,1H3,(H,16,18,19). The highest BCUT2D eigenvalue weighted by molar-refractivity contribution is 8.00. The van der Waals surface area contributed by atoms with Crippen LogP contribution in [0.15, 0.2) is 29.8 Å². The Morgan fingerprint density at radius 1 is 1.43 bits per heavy atom. The molecule has 1 aliphatic heterocycles. The fraction of sp³-hybridized carbons (Fsp3) is 0.286. The Kier molecular flexibility index (Phi) is 3.50. The van der Waals surface area contributed by atoms with E-state index in [0.29, 0.717) is 22.4 Å². The van der Waals surface area contributed by atoms with E-state index in [2.05, 4.69) is 20.1 Å². The average molecular weight is 349 g/mol. The van der Waals surface area contributed by atoms with Gasteiger partial charge in [0.2, 0.25) is 5.91 Å². The van der Waals surface area contributed by atoms with Gasteiger partial charge in [-0.1, -0.05) is 23.4 Å². The molecule has 0 bridgehead atoms. The van der Waals surface area contributed by atoms with Crippen LogP contribution in [-0.4, -0.2) is 42.4 Å². The number of hydrogen-bond acceptors (Lipinski definition) is 5. The van der Waals surface area contributed by atoms with Crippen LogP contribution in [0.2, 0.25) is 5.02 Å². The molecule has 1 aliphatic rings. The van der Waals surface area contributed by atoms with Crippen molar-refractivity contribution in [3.05, 3.63) is 29.7 Å². The number of carbonyl (C=O) groups excluding carboxylic acids is 1. The second-order valence-electron chi connectivity index (χ2n) is 5.32. The zero-order valence-corrected chi connectivity index (χ0v) is 13.8. The first-order valence-corrected chi connectivity index (χ1v) is 8.34. The summed E-state index contributed by atoms with van der Waals surface area (Å²) >= 11 is 7.35. The summed E-state index contributed by atoms with van der Waals surface area (Å²) in [5.41, 5.74) is 2.21. The van der Waals surface area contributed by atoms with E-state index in [1.54, 1.807) is 28.0 Å². The summed E-state index contributed by atoms with van der Waals surface area (Å²) in [6.45, 7) is 0.687. The lowest BCUT2D eigenvalue weighted by molar-refractivity contribution is -0.116. The number of aromatic amines is 1. The van der Waals surface area contributed by atoms with Gasteiger partial charge in [0.25, 0.3) is 0 Å². The maximum atomic E-state index is 12.6. The molecule has 0 spiro atoms. The highest BCUT2D eigenvalue weighted by Gasteiger charge is 2.34. The van der Waals surface area contributed by atoms with Gasteiger partial charge in [-0.2, -0.15) is 5.10 Å². The van der Waals surface area contributed by atoms with E-state index in [0.717, 1.165) is 17.6 Å². The van der Waals surface area contributed by atoms with E-state index in [4.69, 9.17) is 11.6 Å². The van der Waals surface area contributed by atoms with E-state index >= 15 is 0 Å². The first-order valence-electron chi connectivity index (χ1n) is 7.08. The van der Waals surface area contributed by atoms with E-state index in [-0.39, 0.29) is 11.2 Å². The minimum atomic E-state index is -0.161.